The number of rotatable bonds is 3. The van der Waals surface area contributed by atoms with Crippen molar-refractivity contribution >= 4 is 11.6 Å². The Morgan fingerprint density at radius 3 is 2.43 bits per heavy atom. The largest absolute Gasteiger partial charge is 0.368 e. The van der Waals surface area contributed by atoms with Gasteiger partial charge in [-0.15, -0.1) is 0 Å². The molecule has 1 saturated carbocycles. The van der Waals surface area contributed by atoms with E-state index in [0.717, 1.165) is 39.0 Å². The summed E-state index contributed by atoms with van der Waals surface area (Å²) in [6, 6.07) is 6.45. The fourth-order valence-corrected chi connectivity index (χ4v) is 3.22. The molecule has 114 valence electrons. The topological polar surface area (TPSA) is 49.6 Å². The summed E-state index contributed by atoms with van der Waals surface area (Å²) in [7, 11) is 0. The number of aryl methyl sites for hydroxylation is 1. The molecule has 1 amide bonds. The minimum Gasteiger partial charge on any atom is -0.368 e. The van der Waals surface area contributed by atoms with Crippen LogP contribution in [0.4, 0.5) is 5.69 Å². The number of hydrogen-bond donors (Lipinski definition) is 1. The zero-order chi connectivity index (χ0) is 15.0. The molecular formula is C17H25N3O. The molecule has 1 aliphatic carbocycles. The lowest BCUT2D eigenvalue weighted by Gasteiger charge is -2.38. The number of carbonyl (C=O) groups excluding carboxylic acids is 1. The standard InChI is InChI=1S/C17H25N3O/c1-13-4-3-5-15(14(13)2)19-8-10-20(11-9-19)16(21)17(12-18)6-7-17/h3-5H,6-12,18H2,1-2H3. The molecule has 0 aromatic heterocycles. The van der Waals surface area contributed by atoms with Crippen molar-refractivity contribution in [2.24, 2.45) is 11.1 Å². The maximum absolute atomic E-state index is 12.5. The predicted octanol–water partition coefficient (Wildman–Crippen LogP) is 1.69. The number of anilines is 1. The second kappa shape index (κ2) is 5.34. The van der Waals surface area contributed by atoms with Crippen molar-refractivity contribution in [2.75, 3.05) is 37.6 Å². The monoisotopic (exact) mass is 287 g/mol. The van der Waals surface area contributed by atoms with Gasteiger partial charge in [-0.3, -0.25) is 4.79 Å². The third-order valence-electron chi connectivity index (χ3n) is 5.18. The first-order valence-electron chi connectivity index (χ1n) is 7.88. The van der Waals surface area contributed by atoms with E-state index < -0.39 is 0 Å². The van der Waals surface area contributed by atoms with Gasteiger partial charge in [0.1, 0.15) is 0 Å². The van der Waals surface area contributed by atoms with Crippen molar-refractivity contribution in [3.05, 3.63) is 29.3 Å². The molecule has 1 aromatic rings. The molecule has 0 radical (unpaired) electrons. The summed E-state index contributed by atoms with van der Waals surface area (Å²) >= 11 is 0. The number of piperazine rings is 1. The first-order valence-corrected chi connectivity index (χ1v) is 7.88. The molecule has 4 nitrogen and oxygen atoms in total. The van der Waals surface area contributed by atoms with Gasteiger partial charge in [-0.2, -0.15) is 0 Å². The molecule has 1 aliphatic heterocycles. The van der Waals surface area contributed by atoms with Crippen molar-refractivity contribution in [1.82, 2.24) is 4.90 Å². The van der Waals surface area contributed by atoms with Crippen LogP contribution in [0, 0.1) is 19.3 Å². The van der Waals surface area contributed by atoms with E-state index in [2.05, 4.69) is 36.9 Å². The van der Waals surface area contributed by atoms with Gasteiger partial charge in [-0.25, -0.2) is 0 Å². The zero-order valence-corrected chi connectivity index (χ0v) is 13.1. The maximum Gasteiger partial charge on any atom is 0.230 e. The Labute approximate surface area is 126 Å². The van der Waals surface area contributed by atoms with Crippen molar-refractivity contribution in [3.63, 3.8) is 0 Å². The Balaban J connectivity index is 1.65. The molecule has 2 N–H and O–H groups in total. The van der Waals surface area contributed by atoms with Gasteiger partial charge >= 0.3 is 0 Å². The van der Waals surface area contributed by atoms with Gasteiger partial charge in [0.2, 0.25) is 5.91 Å². The average molecular weight is 287 g/mol. The highest BCUT2D eigenvalue weighted by molar-refractivity contribution is 5.86. The molecule has 2 aliphatic rings. The van der Waals surface area contributed by atoms with E-state index in [1.165, 1.54) is 16.8 Å². The van der Waals surface area contributed by atoms with E-state index in [-0.39, 0.29) is 11.3 Å². The van der Waals surface area contributed by atoms with Crippen molar-refractivity contribution in [1.29, 1.82) is 0 Å². The first kappa shape index (κ1) is 14.4. The van der Waals surface area contributed by atoms with Crippen molar-refractivity contribution in [3.8, 4) is 0 Å². The number of nitrogens with two attached hydrogens (primary N) is 1. The fourth-order valence-electron chi connectivity index (χ4n) is 3.22. The smallest absolute Gasteiger partial charge is 0.230 e. The summed E-state index contributed by atoms with van der Waals surface area (Å²) in [5, 5.41) is 0. The maximum atomic E-state index is 12.5. The molecule has 1 heterocycles. The van der Waals surface area contributed by atoms with Crippen LogP contribution in [-0.2, 0) is 4.79 Å². The highest BCUT2D eigenvalue weighted by atomic mass is 16.2. The summed E-state index contributed by atoms with van der Waals surface area (Å²) in [5.41, 5.74) is 9.54. The van der Waals surface area contributed by atoms with Gasteiger partial charge < -0.3 is 15.5 Å². The van der Waals surface area contributed by atoms with Crippen LogP contribution >= 0.6 is 0 Å². The fraction of sp³-hybridized carbons (Fsp3) is 0.588. The minimum atomic E-state index is -0.207. The number of benzene rings is 1. The van der Waals surface area contributed by atoms with Gasteiger partial charge in [0, 0.05) is 38.4 Å². The van der Waals surface area contributed by atoms with Crippen molar-refractivity contribution in [2.45, 2.75) is 26.7 Å². The van der Waals surface area contributed by atoms with Crippen molar-refractivity contribution < 1.29 is 4.79 Å². The summed E-state index contributed by atoms with van der Waals surface area (Å²) in [6.45, 7) is 8.28. The van der Waals surface area contributed by atoms with Crippen LogP contribution in [0.5, 0.6) is 0 Å². The number of amides is 1. The summed E-state index contributed by atoms with van der Waals surface area (Å²) in [4.78, 5) is 16.9. The lowest BCUT2D eigenvalue weighted by molar-refractivity contribution is -0.136. The van der Waals surface area contributed by atoms with Gasteiger partial charge in [-0.05, 0) is 43.9 Å². The summed E-state index contributed by atoms with van der Waals surface area (Å²) in [6.07, 6.45) is 1.94. The Morgan fingerprint density at radius 2 is 1.86 bits per heavy atom. The lowest BCUT2D eigenvalue weighted by atomic mass is 10.0. The first-order chi connectivity index (χ1) is 10.1. The Hall–Kier alpha value is -1.55. The Morgan fingerprint density at radius 1 is 1.19 bits per heavy atom. The second-order valence-electron chi connectivity index (χ2n) is 6.48. The van der Waals surface area contributed by atoms with E-state index in [1.54, 1.807) is 0 Å². The van der Waals surface area contributed by atoms with Crippen LogP contribution in [0.2, 0.25) is 0 Å². The van der Waals surface area contributed by atoms with E-state index in [1.807, 2.05) is 4.90 Å². The summed E-state index contributed by atoms with van der Waals surface area (Å²) < 4.78 is 0. The lowest BCUT2D eigenvalue weighted by Crippen LogP contribution is -2.52. The summed E-state index contributed by atoms with van der Waals surface area (Å²) in [5.74, 6) is 0.283. The highest BCUT2D eigenvalue weighted by Crippen LogP contribution is 2.46. The average Bonchev–Trinajstić information content (AvgIpc) is 3.31. The van der Waals surface area contributed by atoms with Gasteiger partial charge in [0.05, 0.1) is 5.41 Å². The highest BCUT2D eigenvalue weighted by Gasteiger charge is 2.50. The molecule has 0 bridgehead atoms. The van der Waals surface area contributed by atoms with E-state index >= 15 is 0 Å². The molecule has 0 unspecified atom stereocenters. The third-order valence-corrected chi connectivity index (χ3v) is 5.18. The number of nitrogens with zero attached hydrogens (tertiary/aromatic N) is 2. The van der Waals surface area contributed by atoms with E-state index in [0.29, 0.717) is 6.54 Å². The molecule has 0 atom stereocenters. The molecule has 4 heteroatoms. The molecular weight excluding hydrogens is 262 g/mol. The van der Waals surface area contributed by atoms with E-state index in [4.69, 9.17) is 5.73 Å². The molecule has 0 spiro atoms. The minimum absolute atomic E-state index is 0.207. The van der Waals surface area contributed by atoms with Crippen LogP contribution in [0.15, 0.2) is 18.2 Å². The molecule has 1 aromatic carbocycles. The van der Waals surface area contributed by atoms with Crippen LogP contribution in [0.25, 0.3) is 0 Å². The van der Waals surface area contributed by atoms with E-state index in [9.17, 15) is 4.79 Å². The van der Waals surface area contributed by atoms with Gasteiger partial charge in [0.25, 0.3) is 0 Å². The van der Waals surface area contributed by atoms with Crippen LogP contribution in [0.1, 0.15) is 24.0 Å². The molecule has 2 fully saturated rings. The quantitative estimate of drug-likeness (QED) is 0.920. The zero-order valence-electron chi connectivity index (χ0n) is 13.1. The molecule has 1 saturated heterocycles. The molecule has 21 heavy (non-hydrogen) atoms. The van der Waals surface area contributed by atoms with Crippen LogP contribution in [-0.4, -0.2) is 43.5 Å². The van der Waals surface area contributed by atoms with Gasteiger partial charge in [-0.1, -0.05) is 12.1 Å². The van der Waals surface area contributed by atoms with Crippen LogP contribution < -0.4 is 10.6 Å². The predicted molar refractivity (Wildman–Crippen MR) is 85.4 cm³/mol. The Bertz CT molecular complexity index is 543. The molecule has 3 rings (SSSR count). The second-order valence-corrected chi connectivity index (χ2v) is 6.48. The van der Waals surface area contributed by atoms with Crippen LogP contribution in [0.3, 0.4) is 0 Å². The number of hydrogen-bond acceptors (Lipinski definition) is 3. The number of carbonyl (C=O) groups is 1. The SMILES string of the molecule is Cc1cccc(N2CCN(C(=O)C3(CN)CC3)CC2)c1C. The van der Waals surface area contributed by atoms with Gasteiger partial charge in [0.15, 0.2) is 0 Å². The normalized spacial score (nSPS) is 20.5. The third kappa shape index (κ3) is 2.53. The Kier molecular flexibility index (Phi) is 3.66.